The predicted molar refractivity (Wildman–Crippen MR) is 71.4 cm³/mol. The topological polar surface area (TPSA) is 67.5 Å². The van der Waals surface area contributed by atoms with E-state index in [0.717, 1.165) is 0 Å². The SMILES string of the molecule is CC(C)Oc1cc(NCC(C)(C)O)c(N)cc1F. The van der Waals surface area contributed by atoms with Crippen molar-refractivity contribution < 1.29 is 14.2 Å². The number of aliphatic hydroxyl groups is 1. The number of hydrogen-bond acceptors (Lipinski definition) is 4. The lowest BCUT2D eigenvalue weighted by Crippen LogP contribution is -2.29. The number of nitrogens with one attached hydrogen (secondary N) is 1. The minimum absolute atomic E-state index is 0.120. The average molecular weight is 256 g/mol. The van der Waals surface area contributed by atoms with Gasteiger partial charge >= 0.3 is 0 Å². The van der Waals surface area contributed by atoms with Crippen molar-refractivity contribution in [2.45, 2.75) is 39.4 Å². The van der Waals surface area contributed by atoms with E-state index in [4.69, 9.17) is 10.5 Å². The Hall–Kier alpha value is -1.49. The number of halogens is 1. The molecule has 0 aliphatic heterocycles. The number of nitrogens with two attached hydrogens (primary N) is 1. The molecule has 1 aromatic carbocycles. The minimum atomic E-state index is -0.875. The van der Waals surface area contributed by atoms with Crippen LogP contribution in [0.4, 0.5) is 15.8 Å². The predicted octanol–water partition coefficient (Wildman–Crippen LogP) is 2.38. The molecule has 0 spiro atoms. The van der Waals surface area contributed by atoms with Crippen LogP contribution < -0.4 is 15.8 Å². The Morgan fingerprint density at radius 2 is 2.06 bits per heavy atom. The van der Waals surface area contributed by atoms with Gasteiger partial charge in [-0.1, -0.05) is 0 Å². The first kappa shape index (κ1) is 14.6. The maximum absolute atomic E-state index is 13.6. The largest absolute Gasteiger partial charge is 0.488 e. The molecule has 0 atom stereocenters. The summed E-state index contributed by atoms with van der Waals surface area (Å²) in [5, 5.41) is 12.6. The average Bonchev–Trinajstić information content (AvgIpc) is 2.18. The molecule has 0 unspecified atom stereocenters. The van der Waals surface area contributed by atoms with Gasteiger partial charge in [-0.3, -0.25) is 0 Å². The van der Waals surface area contributed by atoms with E-state index >= 15 is 0 Å². The lowest BCUT2D eigenvalue weighted by Gasteiger charge is -2.20. The molecule has 0 saturated heterocycles. The number of nitrogen functional groups attached to an aromatic ring is 1. The standard InChI is InChI=1S/C13H21FN2O2/c1-8(2)18-12-6-11(10(15)5-9(12)14)16-7-13(3,4)17/h5-6,8,16-17H,7,15H2,1-4H3. The van der Waals surface area contributed by atoms with Gasteiger partial charge in [-0.25, -0.2) is 4.39 Å². The molecule has 0 heterocycles. The molecule has 0 saturated carbocycles. The van der Waals surface area contributed by atoms with Crippen LogP contribution in [-0.4, -0.2) is 23.4 Å². The van der Waals surface area contributed by atoms with E-state index in [-0.39, 0.29) is 17.5 Å². The number of ether oxygens (including phenoxy) is 1. The lowest BCUT2D eigenvalue weighted by molar-refractivity contribution is 0.0945. The molecule has 5 heteroatoms. The highest BCUT2D eigenvalue weighted by Gasteiger charge is 2.15. The van der Waals surface area contributed by atoms with Crippen molar-refractivity contribution in [1.82, 2.24) is 0 Å². The third-order valence-electron chi connectivity index (χ3n) is 2.18. The number of rotatable bonds is 5. The van der Waals surface area contributed by atoms with Gasteiger partial charge in [0, 0.05) is 18.7 Å². The Labute approximate surface area is 107 Å². The van der Waals surface area contributed by atoms with Crippen molar-refractivity contribution >= 4 is 11.4 Å². The quantitative estimate of drug-likeness (QED) is 0.708. The van der Waals surface area contributed by atoms with Gasteiger partial charge in [-0.15, -0.1) is 0 Å². The van der Waals surface area contributed by atoms with E-state index < -0.39 is 11.4 Å². The normalized spacial score (nSPS) is 11.7. The molecule has 18 heavy (non-hydrogen) atoms. The molecule has 0 bridgehead atoms. The Balaban J connectivity index is 2.91. The highest BCUT2D eigenvalue weighted by molar-refractivity contribution is 5.68. The first-order chi connectivity index (χ1) is 8.19. The van der Waals surface area contributed by atoms with Crippen LogP contribution in [0.25, 0.3) is 0 Å². The van der Waals surface area contributed by atoms with Gasteiger partial charge in [0.1, 0.15) is 0 Å². The van der Waals surface area contributed by atoms with Gasteiger partial charge in [0.15, 0.2) is 11.6 Å². The fourth-order valence-corrected chi connectivity index (χ4v) is 1.38. The molecule has 0 aliphatic carbocycles. The van der Waals surface area contributed by atoms with Crippen LogP contribution in [0, 0.1) is 5.82 Å². The molecular formula is C13H21FN2O2. The maximum atomic E-state index is 13.6. The van der Waals surface area contributed by atoms with E-state index in [9.17, 15) is 9.50 Å². The van der Waals surface area contributed by atoms with Crippen molar-refractivity contribution in [3.63, 3.8) is 0 Å². The van der Waals surface area contributed by atoms with Crippen LogP contribution in [0.5, 0.6) is 5.75 Å². The Kier molecular flexibility index (Phi) is 4.40. The maximum Gasteiger partial charge on any atom is 0.167 e. The van der Waals surface area contributed by atoms with Gasteiger partial charge in [0.2, 0.25) is 0 Å². The molecule has 1 aromatic rings. The molecule has 4 nitrogen and oxygen atoms in total. The summed E-state index contributed by atoms with van der Waals surface area (Å²) in [6.07, 6.45) is -0.120. The van der Waals surface area contributed by atoms with Gasteiger partial charge < -0.3 is 20.9 Å². The van der Waals surface area contributed by atoms with Crippen LogP contribution >= 0.6 is 0 Å². The fraction of sp³-hybridized carbons (Fsp3) is 0.538. The molecule has 0 radical (unpaired) electrons. The lowest BCUT2D eigenvalue weighted by atomic mass is 10.1. The van der Waals surface area contributed by atoms with Crippen molar-refractivity contribution in [2.75, 3.05) is 17.6 Å². The molecule has 4 N–H and O–H groups in total. The van der Waals surface area contributed by atoms with Crippen LogP contribution in [0.15, 0.2) is 12.1 Å². The molecule has 0 aromatic heterocycles. The van der Waals surface area contributed by atoms with Crippen molar-refractivity contribution in [2.24, 2.45) is 0 Å². The number of anilines is 2. The van der Waals surface area contributed by atoms with Crippen LogP contribution in [0.3, 0.4) is 0 Å². The first-order valence-electron chi connectivity index (χ1n) is 5.91. The smallest absolute Gasteiger partial charge is 0.167 e. The van der Waals surface area contributed by atoms with Gasteiger partial charge in [0.25, 0.3) is 0 Å². The zero-order valence-electron chi connectivity index (χ0n) is 11.2. The first-order valence-corrected chi connectivity index (χ1v) is 5.91. The van der Waals surface area contributed by atoms with E-state index in [2.05, 4.69) is 5.32 Å². The molecule has 0 aliphatic rings. The van der Waals surface area contributed by atoms with E-state index in [1.54, 1.807) is 13.8 Å². The molecule has 102 valence electrons. The molecule has 1 rings (SSSR count). The van der Waals surface area contributed by atoms with Gasteiger partial charge in [-0.05, 0) is 27.7 Å². The Morgan fingerprint density at radius 1 is 1.44 bits per heavy atom. The Bertz CT molecular complexity index is 414. The summed E-state index contributed by atoms with van der Waals surface area (Å²) in [7, 11) is 0. The van der Waals surface area contributed by atoms with E-state index in [0.29, 0.717) is 12.2 Å². The zero-order chi connectivity index (χ0) is 13.9. The summed E-state index contributed by atoms with van der Waals surface area (Å²) in [4.78, 5) is 0. The number of hydrogen-bond donors (Lipinski definition) is 3. The minimum Gasteiger partial charge on any atom is -0.488 e. The Morgan fingerprint density at radius 3 is 2.56 bits per heavy atom. The highest BCUT2D eigenvalue weighted by atomic mass is 19.1. The number of benzene rings is 1. The monoisotopic (exact) mass is 256 g/mol. The molecule has 0 amide bonds. The van der Waals surface area contributed by atoms with Crippen molar-refractivity contribution in [1.29, 1.82) is 0 Å². The summed E-state index contributed by atoms with van der Waals surface area (Å²) < 4.78 is 18.9. The summed E-state index contributed by atoms with van der Waals surface area (Å²) in [6.45, 7) is 7.29. The summed E-state index contributed by atoms with van der Waals surface area (Å²) in [5.41, 5.74) is 5.67. The molecular weight excluding hydrogens is 235 g/mol. The zero-order valence-corrected chi connectivity index (χ0v) is 11.2. The van der Waals surface area contributed by atoms with Crippen LogP contribution in [0.1, 0.15) is 27.7 Å². The van der Waals surface area contributed by atoms with Crippen molar-refractivity contribution in [3.05, 3.63) is 17.9 Å². The fourth-order valence-electron chi connectivity index (χ4n) is 1.38. The summed E-state index contributed by atoms with van der Waals surface area (Å²) in [5.74, 6) is -0.340. The van der Waals surface area contributed by atoms with Crippen LogP contribution in [-0.2, 0) is 0 Å². The second kappa shape index (κ2) is 5.44. The summed E-state index contributed by atoms with van der Waals surface area (Å²) in [6, 6.07) is 2.72. The second-order valence-corrected chi connectivity index (χ2v) is 5.20. The van der Waals surface area contributed by atoms with Crippen molar-refractivity contribution in [3.8, 4) is 5.75 Å². The van der Waals surface area contributed by atoms with Crippen LogP contribution in [0.2, 0.25) is 0 Å². The highest BCUT2D eigenvalue weighted by Crippen LogP contribution is 2.29. The second-order valence-electron chi connectivity index (χ2n) is 5.20. The van der Waals surface area contributed by atoms with E-state index in [1.165, 1.54) is 12.1 Å². The third kappa shape index (κ3) is 4.41. The van der Waals surface area contributed by atoms with Gasteiger partial charge in [-0.2, -0.15) is 0 Å². The van der Waals surface area contributed by atoms with E-state index in [1.807, 2.05) is 13.8 Å². The third-order valence-corrected chi connectivity index (χ3v) is 2.18. The summed E-state index contributed by atoms with van der Waals surface area (Å²) >= 11 is 0. The van der Waals surface area contributed by atoms with Gasteiger partial charge in [0.05, 0.1) is 23.1 Å². The molecule has 0 fully saturated rings.